The Morgan fingerprint density at radius 1 is 1.00 bits per heavy atom. The molecular formula is C23H22Cl2N2O4S. The van der Waals surface area contributed by atoms with E-state index in [4.69, 9.17) is 27.9 Å². The van der Waals surface area contributed by atoms with Gasteiger partial charge >= 0.3 is 0 Å². The van der Waals surface area contributed by atoms with Crippen LogP contribution in [0.1, 0.15) is 18.4 Å². The number of amides is 1. The monoisotopic (exact) mass is 492 g/mol. The SMILES string of the molecule is Cc1ccccc1NS(=O)(=O)c1ccc(NC(=O)CCCOc2ccc(Cl)cc2Cl)cc1. The van der Waals surface area contributed by atoms with E-state index in [0.717, 1.165) is 5.56 Å². The maximum atomic E-state index is 12.6. The number of aryl methyl sites for hydroxylation is 1. The number of hydrogen-bond acceptors (Lipinski definition) is 4. The number of sulfonamides is 1. The van der Waals surface area contributed by atoms with Gasteiger partial charge in [0.15, 0.2) is 0 Å². The van der Waals surface area contributed by atoms with E-state index < -0.39 is 10.0 Å². The largest absolute Gasteiger partial charge is 0.492 e. The van der Waals surface area contributed by atoms with Crippen LogP contribution < -0.4 is 14.8 Å². The molecule has 1 amide bonds. The first-order valence-electron chi connectivity index (χ1n) is 9.81. The predicted octanol–water partition coefficient (Wildman–Crippen LogP) is 5.90. The molecule has 168 valence electrons. The molecule has 32 heavy (non-hydrogen) atoms. The van der Waals surface area contributed by atoms with Gasteiger partial charge in [0.05, 0.1) is 22.2 Å². The lowest BCUT2D eigenvalue weighted by atomic mass is 10.2. The topological polar surface area (TPSA) is 84.5 Å². The van der Waals surface area contributed by atoms with Crippen molar-refractivity contribution in [3.05, 3.63) is 82.3 Å². The molecule has 3 aromatic rings. The van der Waals surface area contributed by atoms with Crippen molar-refractivity contribution in [2.75, 3.05) is 16.6 Å². The normalized spacial score (nSPS) is 11.1. The molecule has 3 aromatic carbocycles. The Morgan fingerprint density at radius 3 is 2.41 bits per heavy atom. The van der Waals surface area contributed by atoms with Gasteiger partial charge < -0.3 is 10.1 Å². The molecule has 0 aliphatic heterocycles. The van der Waals surface area contributed by atoms with Crippen LogP contribution in [-0.4, -0.2) is 20.9 Å². The van der Waals surface area contributed by atoms with E-state index >= 15 is 0 Å². The molecule has 0 spiro atoms. The average molecular weight is 493 g/mol. The quantitative estimate of drug-likeness (QED) is 0.364. The zero-order chi connectivity index (χ0) is 23.1. The fourth-order valence-corrected chi connectivity index (χ4v) is 4.43. The zero-order valence-corrected chi connectivity index (χ0v) is 19.6. The summed E-state index contributed by atoms with van der Waals surface area (Å²) >= 11 is 11.9. The van der Waals surface area contributed by atoms with Gasteiger partial charge in [-0.25, -0.2) is 8.42 Å². The van der Waals surface area contributed by atoms with Gasteiger partial charge in [0, 0.05) is 17.1 Å². The minimum atomic E-state index is -3.73. The second-order valence-electron chi connectivity index (χ2n) is 7.02. The molecule has 2 N–H and O–H groups in total. The molecule has 0 aliphatic rings. The highest BCUT2D eigenvalue weighted by molar-refractivity contribution is 7.92. The van der Waals surface area contributed by atoms with Crippen LogP contribution in [0.3, 0.4) is 0 Å². The molecule has 0 bridgehead atoms. The molecule has 3 rings (SSSR count). The molecule has 0 heterocycles. The van der Waals surface area contributed by atoms with Crippen molar-refractivity contribution in [2.24, 2.45) is 0 Å². The molecule has 0 fully saturated rings. The summed E-state index contributed by atoms with van der Waals surface area (Å²) < 4.78 is 33.3. The van der Waals surface area contributed by atoms with Crippen LogP contribution >= 0.6 is 23.2 Å². The molecule has 0 aliphatic carbocycles. The van der Waals surface area contributed by atoms with Gasteiger partial charge in [0.2, 0.25) is 5.91 Å². The van der Waals surface area contributed by atoms with Crippen molar-refractivity contribution >= 4 is 50.5 Å². The number of para-hydroxylation sites is 1. The Morgan fingerprint density at radius 2 is 1.72 bits per heavy atom. The van der Waals surface area contributed by atoms with E-state index in [1.807, 2.05) is 19.1 Å². The van der Waals surface area contributed by atoms with Crippen molar-refractivity contribution < 1.29 is 17.9 Å². The summed E-state index contributed by atoms with van der Waals surface area (Å²) in [6, 6.07) is 18.1. The number of nitrogens with one attached hydrogen (secondary N) is 2. The molecule has 0 radical (unpaired) electrons. The van der Waals surface area contributed by atoms with Gasteiger partial charge in [-0.2, -0.15) is 0 Å². The predicted molar refractivity (Wildman–Crippen MR) is 128 cm³/mol. The summed E-state index contributed by atoms with van der Waals surface area (Å²) in [6.45, 7) is 2.14. The summed E-state index contributed by atoms with van der Waals surface area (Å²) in [5.41, 5.74) is 1.85. The highest BCUT2D eigenvalue weighted by Gasteiger charge is 2.15. The van der Waals surface area contributed by atoms with Crippen LogP contribution in [-0.2, 0) is 14.8 Å². The second kappa shape index (κ2) is 10.7. The first-order chi connectivity index (χ1) is 15.2. The van der Waals surface area contributed by atoms with E-state index in [-0.39, 0.29) is 17.2 Å². The number of hydrogen-bond donors (Lipinski definition) is 2. The van der Waals surface area contributed by atoms with Crippen LogP contribution in [0.5, 0.6) is 5.75 Å². The molecule has 0 saturated heterocycles. The first kappa shape index (κ1) is 23.9. The third kappa shape index (κ3) is 6.63. The number of carbonyl (C=O) groups excluding carboxylic acids is 1. The lowest BCUT2D eigenvalue weighted by Gasteiger charge is -2.11. The fraction of sp³-hybridized carbons (Fsp3) is 0.174. The number of halogens is 2. The van der Waals surface area contributed by atoms with Gasteiger partial charge in [-0.1, -0.05) is 41.4 Å². The summed E-state index contributed by atoms with van der Waals surface area (Å²) in [5, 5.41) is 3.67. The number of ether oxygens (including phenoxy) is 1. The molecule has 0 unspecified atom stereocenters. The fourth-order valence-electron chi connectivity index (χ4n) is 2.84. The van der Waals surface area contributed by atoms with Crippen LogP contribution in [0.25, 0.3) is 0 Å². The molecule has 6 nitrogen and oxygen atoms in total. The summed E-state index contributed by atoms with van der Waals surface area (Å²) in [4.78, 5) is 12.3. The highest BCUT2D eigenvalue weighted by atomic mass is 35.5. The standard InChI is InChI=1S/C23H22Cl2N2O4S/c1-16-5-2-3-6-21(16)27-32(29,30)19-11-9-18(10-12-19)26-23(28)7-4-14-31-22-13-8-17(24)15-20(22)25/h2-3,5-6,8-13,15,27H,4,7,14H2,1H3,(H,26,28). The Labute approximate surface area is 197 Å². The van der Waals surface area contributed by atoms with Gasteiger partial charge in [-0.05, 0) is 67.4 Å². The average Bonchev–Trinajstić information content (AvgIpc) is 2.74. The number of rotatable bonds is 9. The maximum absolute atomic E-state index is 12.6. The minimum Gasteiger partial charge on any atom is -0.492 e. The minimum absolute atomic E-state index is 0.104. The van der Waals surface area contributed by atoms with Crippen LogP contribution in [0.4, 0.5) is 11.4 Å². The van der Waals surface area contributed by atoms with E-state index in [1.165, 1.54) is 12.1 Å². The number of carbonyl (C=O) groups is 1. The van der Waals surface area contributed by atoms with Gasteiger partial charge in [0.25, 0.3) is 10.0 Å². The van der Waals surface area contributed by atoms with Crippen LogP contribution in [0.2, 0.25) is 10.0 Å². The van der Waals surface area contributed by atoms with Crippen LogP contribution in [0.15, 0.2) is 71.6 Å². The van der Waals surface area contributed by atoms with Crippen molar-refractivity contribution in [2.45, 2.75) is 24.7 Å². The van der Waals surface area contributed by atoms with Crippen molar-refractivity contribution in [1.29, 1.82) is 0 Å². The Hall–Kier alpha value is -2.74. The van der Waals surface area contributed by atoms with Gasteiger partial charge in [-0.3, -0.25) is 9.52 Å². The van der Waals surface area contributed by atoms with E-state index in [9.17, 15) is 13.2 Å². The smallest absolute Gasteiger partial charge is 0.261 e. The number of anilines is 2. The van der Waals surface area contributed by atoms with Gasteiger partial charge in [-0.15, -0.1) is 0 Å². The van der Waals surface area contributed by atoms with E-state index in [0.29, 0.717) is 40.2 Å². The highest BCUT2D eigenvalue weighted by Crippen LogP contribution is 2.27. The van der Waals surface area contributed by atoms with Crippen LogP contribution in [0, 0.1) is 6.92 Å². The lowest BCUT2D eigenvalue weighted by Crippen LogP contribution is -2.15. The molecule has 0 aromatic heterocycles. The zero-order valence-electron chi connectivity index (χ0n) is 17.3. The van der Waals surface area contributed by atoms with Crippen molar-refractivity contribution in [3.63, 3.8) is 0 Å². The summed E-state index contributed by atoms with van der Waals surface area (Å²) in [5.74, 6) is 0.303. The van der Waals surface area contributed by atoms with Crippen molar-refractivity contribution in [3.8, 4) is 5.75 Å². The molecule has 0 saturated carbocycles. The van der Waals surface area contributed by atoms with E-state index in [2.05, 4.69) is 10.0 Å². The Kier molecular flexibility index (Phi) is 8.01. The third-order valence-electron chi connectivity index (χ3n) is 4.54. The van der Waals surface area contributed by atoms with Crippen molar-refractivity contribution in [1.82, 2.24) is 0 Å². The Balaban J connectivity index is 1.49. The Bertz CT molecular complexity index is 1200. The summed E-state index contributed by atoms with van der Waals surface area (Å²) in [6.07, 6.45) is 0.720. The van der Waals surface area contributed by atoms with Gasteiger partial charge in [0.1, 0.15) is 5.75 Å². The first-order valence-corrected chi connectivity index (χ1v) is 12.0. The number of benzene rings is 3. The lowest BCUT2D eigenvalue weighted by molar-refractivity contribution is -0.116. The third-order valence-corrected chi connectivity index (χ3v) is 6.45. The summed E-state index contributed by atoms with van der Waals surface area (Å²) in [7, 11) is -3.73. The second-order valence-corrected chi connectivity index (χ2v) is 9.55. The molecule has 9 heteroatoms. The molecule has 0 atom stereocenters. The maximum Gasteiger partial charge on any atom is 0.261 e. The van der Waals surface area contributed by atoms with E-state index in [1.54, 1.807) is 42.5 Å². The molecular weight excluding hydrogens is 471 g/mol.